The largest absolute Gasteiger partial charge is 0.463 e. The van der Waals surface area contributed by atoms with Crippen LogP contribution in [0.1, 0.15) is 110 Å². The number of hydrogen-bond donors (Lipinski definition) is 0. The maximum Gasteiger partial charge on any atom is 0.305 e. The lowest BCUT2D eigenvalue weighted by Gasteiger charge is -2.09. The van der Waals surface area contributed by atoms with Gasteiger partial charge in [-0.15, -0.1) is 0 Å². The number of hydrogen-bond acceptors (Lipinski definition) is 15. The number of benzene rings is 1. The van der Waals surface area contributed by atoms with Gasteiger partial charge in [0.15, 0.2) is 0 Å². The minimum absolute atomic E-state index is 0.0621. The zero-order chi connectivity index (χ0) is 44.5. The van der Waals surface area contributed by atoms with E-state index in [4.69, 9.17) is 56.3 Å². The van der Waals surface area contributed by atoms with Gasteiger partial charge in [-0.3, -0.25) is 8.98 Å². The van der Waals surface area contributed by atoms with Crippen LogP contribution in [0.5, 0.6) is 0 Å². The van der Waals surface area contributed by atoms with Crippen LogP contribution in [-0.2, 0) is 71.2 Å². The monoisotopic (exact) mass is 909 g/mol. The first kappa shape index (κ1) is 58.2. The molecular formula is C46H84O15S. The van der Waals surface area contributed by atoms with Gasteiger partial charge in [0.25, 0.3) is 10.1 Å². The lowest BCUT2D eigenvalue weighted by molar-refractivity contribution is -0.145. The Morgan fingerprint density at radius 1 is 0.371 bits per heavy atom. The highest BCUT2D eigenvalue weighted by Crippen LogP contribution is 2.14. The third-order valence-electron chi connectivity index (χ3n) is 9.32. The molecule has 16 heteroatoms. The molecule has 0 aliphatic heterocycles. The Morgan fingerprint density at radius 3 is 0.968 bits per heavy atom. The van der Waals surface area contributed by atoms with Crippen LogP contribution >= 0.6 is 0 Å². The predicted molar refractivity (Wildman–Crippen MR) is 238 cm³/mol. The zero-order valence-electron chi connectivity index (χ0n) is 38.3. The normalized spacial score (nSPS) is 11.8. The molecule has 0 fully saturated rings. The van der Waals surface area contributed by atoms with E-state index in [1.807, 2.05) is 0 Å². The van der Waals surface area contributed by atoms with Crippen molar-refractivity contribution in [3.05, 3.63) is 30.3 Å². The number of ether oxygens (including phenoxy) is 11. The molecule has 0 spiro atoms. The van der Waals surface area contributed by atoms with Crippen LogP contribution in [0.25, 0.3) is 0 Å². The second-order valence-corrected chi connectivity index (χ2v) is 16.2. The third kappa shape index (κ3) is 42.2. The van der Waals surface area contributed by atoms with Crippen molar-refractivity contribution < 1.29 is 69.5 Å². The summed E-state index contributed by atoms with van der Waals surface area (Å²) in [6.45, 7) is 11.1. The lowest BCUT2D eigenvalue weighted by Crippen LogP contribution is -2.16. The van der Waals surface area contributed by atoms with Gasteiger partial charge >= 0.3 is 5.97 Å². The number of rotatable bonds is 51. The van der Waals surface area contributed by atoms with E-state index >= 15 is 0 Å². The molecule has 0 N–H and O–H groups in total. The molecule has 0 aromatic heterocycles. The smallest absolute Gasteiger partial charge is 0.305 e. The van der Waals surface area contributed by atoms with Crippen molar-refractivity contribution in [1.29, 1.82) is 0 Å². The number of esters is 1. The van der Waals surface area contributed by atoms with Gasteiger partial charge in [-0.2, -0.15) is 8.42 Å². The first-order chi connectivity index (χ1) is 30.6. The molecule has 0 aliphatic rings. The van der Waals surface area contributed by atoms with Crippen molar-refractivity contribution >= 4 is 16.1 Å². The standard InChI is InChI=1S/C46H84O15S/c1-2-3-4-5-6-7-8-9-10-11-12-13-14-15-19-22-46(47)60-43-41-58-39-37-56-35-33-54-31-29-52-27-25-50-23-24-51-26-28-53-30-32-55-34-36-57-38-40-59-42-44-61-62(48,49)45-20-17-16-18-21-45/h16-18,20-21H,2-15,19,22-44H2,1H3. The van der Waals surface area contributed by atoms with Gasteiger partial charge in [-0.25, -0.2) is 0 Å². The van der Waals surface area contributed by atoms with Crippen molar-refractivity contribution in [2.24, 2.45) is 0 Å². The van der Waals surface area contributed by atoms with E-state index in [1.54, 1.807) is 18.2 Å². The van der Waals surface area contributed by atoms with E-state index in [0.29, 0.717) is 132 Å². The second-order valence-electron chi connectivity index (χ2n) is 14.6. The molecule has 0 saturated carbocycles. The molecular weight excluding hydrogens is 825 g/mol. The summed E-state index contributed by atoms with van der Waals surface area (Å²) in [6, 6.07) is 7.98. The summed E-state index contributed by atoms with van der Waals surface area (Å²) in [5, 5.41) is 0. The van der Waals surface area contributed by atoms with E-state index in [2.05, 4.69) is 6.92 Å². The summed E-state index contributed by atoms with van der Waals surface area (Å²) >= 11 is 0. The molecule has 62 heavy (non-hydrogen) atoms. The molecule has 1 aromatic rings. The van der Waals surface area contributed by atoms with Crippen LogP contribution in [0.2, 0.25) is 0 Å². The highest BCUT2D eigenvalue weighted by atomic mass is 32.2. The minimum Gasteiger partial charge on any atom is -0.463 e. The molecule has 1 aromatic carbocycles. The highest BCUT2D eigenvalue weighted by molar-refractivity contribution is 7.86. The lowest BCUT2D eigenvalue weighted by atomic mass is 10.0. The molecule has 0 aliphatic carbocycles. The van der Waals surface area contributed by atoms with Crippen LogP contribution in [0, 0.1) is 0 Å². The molecule has 1 rings (SSSR count). The first-order valence-corrected chi connectivity index (χ1v) is 24.8. The second kappa shape index (κ2) is 47.2. The summed E-state index contributed by atoms with van der Waals surface area (Å²) in [5.74, 6) is -0.138. The van der Waals surface area contributed by atoms with Crippen LogP contribution in [-0.4, -0.2) is 160 Å². The van der Waals surface area contributed by atoms with Crippen LogP contribution < -0.4 is 0 Å². The van der Waals surface area contributed by atoms with Gasteiger partial charge in [-0.1, -0.05) is 115 Å². The number of carbonyl (C=O) groups excluding carboxylic acids is 1. The molecule has 0 amide bonds. The zero-order valence-corrected chi connectivity index (χ0v) is 39.1. The fourth-order valence-corrected chi connectivity index (χ4v) is 6.78. The van der Waals surface area contributed by atoms with Crippen molar-refractivity contribution in [2.75, 3.05) is 145 Å². The van der Waals surface area contributed by atoms with Gasteiger partial charge in [0.1, 0.15) is 6.61 Å². The summed E-state index contributed by atoms with van der Waals surface area (Å²) < 4.78 is 88.9. The molecule has 0 radical (unpaired) electrons. The van der Waals surface area contributed by atoms with Gasteiger partial charge in [-0.05, 0) is 18.6 Å². The van der Waals surface area contributed by atoms with Gasteiger partial charge in [0.05, 0.1) is 144 Å². The van der Waals surface area contributed by atoms with E-state index in [-0.39, 0.29) is 30.7 Å². The summed E-state index contributed by atoms with van der Waals surface area (Å²) in [7, 11) is -3.76. The Morgan fingerprint density at radius 2 is 0.645 bits per heavy atom. The van der Waals surface area contributed by atoms with Crippen molar-refractivity contribution in [1.82, 2.24) is 0 Å². The summed E-state index contributed by atoms with van der Waals surface area (Å²) in [5.41, 5.74) is 0. The predicted octanol–water partition coefficient (Wildman–Crippen LogP) is 7.36. The Kier molecular flexibility index (Phi) is 44.3. The maximum atomic E-state index is 12.0. The van der Waals surface area contributed by atoms with E-state index in [0.717, 1.165) is 12.8 Å². The minimum atomic E-state index is -3.76. The Bertz CT molecular complexity index is 1160. The van der Waals surface area contributed by atoms with Crippen molar-refractivity contribution in [3.8, 4) is 0 Å². The average molecular weight is 909 g/mol. The fourth-order valence-electron chi connectivity index (χ4n) is 5.87. The summed E-state index contributed by atoms with van der Waals surface area (Å²) in [6.07, 6.45) is 20.1. The fraction of sp³-hybridized carbons (Fsp3) is 0.848. The molecule has 0 atom stereocenters. The van der Waals surface area contributed by atoms with E-state index in [9.17, 15) is 13.2 Å². The number of carbonyl (C=O) groups is 1. The Labute approximate surface area is 374 Å². The Balaban J connectivity index is 1.65. The Hall–Kier alpha value is -1.80. The SMILES string of the molecule is CCCCCCCCCCCCCCCCCC(=O)OCCOCCOCCOCCOCCOCCOCCOCCOCCOCCOCCOS(=O)(=O)c1ccccc1. The molecule has 0 bridgehead atoms. The molecule has 364 valence electrons. The van der Waals surface area contributed by atoms with Gasteiger partial charge < -0.3 is 52.1 Å². The first-order valence-electron chi connectivity index (χ1n) is 23.4. The molecule has 15 nitrogen and oxygen atoms in total. The van der Waals surface area contributed by atoms with Crippen LogP contribution in [0.4, 0.5) is 0 Å². The van der Waals surface area contributed by atoms with Gasteiger partial charge in [0, 0.05) is 6.42 Å². The topological polar surface area (TPSA) is 162 Å². The third-order valence-corrected chi connectivity index (χ3v) is 10.6. The molecule has 0 saturated heterocycles. The average Bonchev–Trinajstić information content (AvgIpc) is 3.28. The summed E-state index contributed by atoms with van der Waals surface area (Å²) in [4.78, 5) is 12.0. The van der Waals surface area contributed by atoms with Crippen LogP contribution in [0.15, 0.2) is 35.2 Å². The van der Waals surface area contributed by atoms with E-state index < -0.39 is 10.1 Å². The van der Waals surface area contributed by atoms with Crippen molar-refractivity contribution in [3.63, 3.8) is 0 Å². The highest BCUT2D eigenvalue weighted by Gasteiger charge is 2.13. The number of unbranched alkanes of at least 4 members (excludes halogenated alkanes) is 14. The quantitative estimate of drug-likeness (QED) is 0.0362. The van der Waals surface area contributed by atoms with Crippen molar-refractivity contribution in [2.45, 2.75) is 115 Å². The van der Waals surface area contributed by atoms with E-state index in [1.165, 1.54) is 95.6 Å². The maximum absolute atomic E-state index is 12.0. The molecule has 0 heterocycles. The van der Waals surface area contributed by atoms with Crippen LogP contribution in [0.3, 0.4) is 0 Å². The molecule has 0 unspecified atom stereocenters. The van der Waals surface area contributed by atoms with Gasteiger partial charge in [0.2, 0.25) is 0 Å².